The van der Waals surface area contributed by atoms with Crippen LogP contribution in [0.25, 0.3) is 0 Å². The van der Waals surface area contributed by atoms with Crippen LogP contribution in [0.2, 0.25) is 0 Å². The minimum absolute atomic E-state index is 0.119. The maximum absolute atomic E-state index is 9.07. The highest BCUT2D eigenvalue weighted by Crippen LogP contribution is 2.10. The molecule has 0 rings (SSSR count). The lowest BCUT2D eigenvalue weighted by Crippen LogP contribution is -2.44. The second kappa shape index (κ2) is 4.63. The monoisotopic (exact) mass is 171 g/mol. The molecular weight excluding hydrogens is 150 g/mol. The molecule has 2 nitrogen and oxygen atoms in total. The Kier molecular flexibility index (Phi) is 4.50. The summed E-state index contributed by atoms with van der Waals surface area (Å²) in [4.78, 5) is 2.14. The molecule has 0 aromatic carbocycles. The summed E-state index contributed by atoms with van der Waals surface area (Å²) in [6, 6.07) is 0. The van der Waals surface area contributed by atoms with Crippen LogP contribution in [-0.4, -0.2) is 35.7 Å². The first-order chi connectivity index (χ1) is 5.40. The standard InChI is InChI=1S/C10H21NO/c1-9(2)6-7-11(5)10(3,4)8-12/h6,12H,7-8H2,1-5H3. The van der Waals surface area contributed by atoms with Crippen LogP contribution < -0.4 is 0 Å². The third kappa shape index (κ3) is 3.88. The molecule has 0 aliphatic heterocycles. The van der Waals surface area contributed by atoms with Crippen LogP contribution in [-0.2, 0) is 0 Å². The molecule has 0 bridgehead atoms. The van der Waals surface area contributed by atoms with Crippen molar-refractivity contribution in [3.8, 4) is 0 Å². The van der Waals surface area contributed by atoms with Crippen LogP contribution in [0.5, 0.6) is 0 Å². The Morgan fingerprint density at radius 1 is 1.42 bits per heavy atom. The lowest BCUT2D eigenvalue weighted by Gasteiger charge is -2.33. The number of likely N-dealkylation sites (N-methyl/N-ethyl adjacent to an activating group) is 1. The van der Waals surface area contributed by atoms with Crippen molar-refractivity contribution in [1.29, 1.82) is 0 Å². The fourth-order valence-corrected chi connectivity index (χ4v) is 0.687. The average Bonchev–Trinajstić information content (AvgIpc) is 2.00. The molecule has 0 aromatic rings. The van der Waals surface area contributed by atoms with E-state index in [2.05, 4.69) is 24.8 Å². The fraction of sp³-hybridized carbons (Fsp3) is 0.800. The molecule has 2 heteroatoms. The van der Waals surface area contributed by atoms with Crippen molar-refractivity contribution in [2.24, 2.45) is 0 Å². The fourth-order valence-electron chi connectivity index (χ4n) is 0.687. The van der Waals surface area contributed by atoms with Crippen LogP contribution in [0.1, 0.15) is 27.7 Å². The van der Waals surface area contributed by atoms with E-state index in [1.54, 1.807) is 0 Å². The van der Waals surface area contributed by atoms with E-state index in [4.69, 9.17) is 5.11 Å². The van der Waals surface area contributed by atoms with Crippen LogP contribution in [0.4, 0.5) is 0 Å². The molecule has 0 heterocycles. The van der Waals surface area contributed by atoms with Crippen molar-refractivity contribution >= 4 is 0 Å². The summed E-state index contributed by atoms with van der Waals surface area (Å²) >= 11 is 0. The molecule has 0 aliphatic rings. The summed E-state index contributed by atoms with van der Waals surface area (Å²) in [5.74, 6) is 0. The second-order valence-corrected chi connectivity index (χ2v) is 4.13. The molecule has 12 heavy (non-hydrogen) atoms. The van der Waals surface area contributed by atoms with E-state index in [9.17, 15) is 0 Å². The number of aliphatic hydroxyl groups excluding tert-OH is 1. The normalized spacial score (nSPS) is 11.9. The van der Waals surface area contributed by atoms with Gasteiger partial charge >= 0.3 is 0 Å². The van der Waals surface area contributed by atoms with E-state index in [0.717, 1.165) is 6.54 Å². The number of rotatable bonds is 4. The molecule has 72 valence electrons. The zero-order chi connectivity index (χ0) is 9.78. The number of allylic oxidation sites excluding steroid dienone is 1. The van der Waals surface area contributed by atoms with Gasteiger partial charge in [0.2, 0.25) is 0 Å². The number of hydrogen-bond donors (Lipinski definition) is 1. The third-order valence-corrected chi connectivity index (χ3v) is 2.19. The van der Waals surface area contributed by atoms with Crippen molar-refractivity contribution in [2.75, 3.05) is 20.2 Å². The first-order valence-corrected chi connectivity index (χ1v) is 4.35. The minimum atomic E-state index is -0.119. The van der Waals surface area contributed by atoms with E-state index < -0.39 is 0 Å². The molecular formula is C10H21NO. The lowest BCUT2D eigenvalue weighted by molar-refractivity contribution is 0.0885. The molecule has 0 aliphatic carbocycles. The molecule has 0 unspecified atom stereocenters. The van der Waals surface area contributed by atoms with Gasteiger partial charge in [0.05, 0.1) is 6.61 Å². The van der Waals surface area contributed by atoms with Crippen LogP contribution in [0, 0.1) is 0 Å². The molecule has 0 aromatic heterocycles. The lowest BCUT2D eigenvalue weighted by atomic mass is 10.1. The summed E-state index contributed by atoms with van der Waals surface area (Å²) < 4.78 is 0. The van der Waals surface area contributed by atoms with Crippen molar-refractivity contribution in [3.63, 3.8) is 0 Å². The van der Waals surface area contributed by atoms with E-state index in [0.29, 0.717) is 0 Å². The predicted molar refractivity (Wildman–Crippen MR) is 53.2 cm³/mol. The van der Waals surface area contributed by atoms with Gasteiger partial charge in [0, 0.05) is 12.1 Å². The number of nitrogens with zero attached hydrogens (tertiary/aromatic N) is 1. The molecule has 0 amide bonds. The van der Waals surface area contributed by atoms with E-state index in [1.165, 1.54) is 5.57 Å². The number of aliphatic hydroxyl groups is 1. The van der Waals surface area contributed by atoms with Gasteiger partial charge in [-0.3, -0.25) is 4.90 Å². The number of hydrogen-bond acceptors (Lipinski definition) is 2. The Labute approximate surface area is 75.9 Å². The summed E-state index contributed by atoms with van der Waals surface area (Å²) in [5, 5.41) is 9.07. The zero-order valence-corrected chi connectivity index (χ0v) is 8.89. The molecule has 0 radical (unpaired) electrons. The largest absolute Gasteiger partial charge is 0.394 e. The quantitative estimate of drug-likeness (QED) is 0.650. The Morgan fingerprint density at radius 3 is 2.25 bits per heavy atom. The van der Waals surface area contributed by atoms with Crippen molar-refractivity contribution in [2.45, 2.75) is 33.2 Å². The summed E-state index contributed by atoms with van der Waals surface area (Å²) in [6.07, 6.45) is 2.16. The first kappa shape index (κ1) is 11.7. The van der Waals surface area contributed by atoms with Gasteiger partial charge in [-0.25, -0.2) is 0 Å². The van der Waals surface area contributed by atoms with Crippen molar-refractivity contribution < 1.29 is 5.11 Å². The van der Waals surface area contributed by atoms with Gasteiger partial charge in [-0.15, -0.1) is 0 Å². The van der Waals surface area contributed by atoms with Crippen molar-refractivity contribution in [3.05, 3.63) is 11.6 Å². The average molecular weight is 171 g/mol. The Balaban J connectivity index is 4.03. The zero-order valence-electron chi connectivity index (χ0n) is 8.89. The Hall–Kier alpha value is -0.340. The third-order valence-electron chi connectivity index (χ3n) is 2.19. The minimum Gasteiger partial charge on any atom is -0.394 e. The second-order valence-electron chi connectivity index (χ2n) is 4.13. The molecule has 0 saturated carbocycles. The highest BCUT2D eigenvalue weighted by atomic mass is 16.3. The van der Waals surface area contributed by atoms with E-state index >= 15 is 0 Å². The SMILES string of the molecule is CC(C)=CCN(C)C(C)(C)CO. The Bertz CT molecular complexity index is 157. The maximum Gasteiger partial charge on any atom is 0.0610 e. The Morgan fingerprint density at radius 2 is 1.92 bits per heavy atom. The van der Waals surface area contributed by atoms with Crippen LogP contribution >= 0.6 is 0 Å². The van der Waals surface area contributed by atoms with Gasteiger partial charge in [-0.1, -0.05) is 11.6 Å². The van der Waals surface area contributed by atoms with Crippen molar-refractivity contribution in [1.82, 2.24) is 4.90 Å². The first-order valence-electron chi connectivity index (χ1n) is 4.35. The van der Waals surface area contributed by atoms with Gasteiger partial charge < -0.3 is 5.11 Å². The summed E-state index contributed by atoms with van der Waals surface area (Å²) in [5.41, 5.74) is 1.20. The van der Waals surface area contributed by atoms with Gasteiger partial charge in [-0.2, -0.15) is 0 Å². The molecule has 0 spiro atoms. The predicted octanol–water partition coefficient (Wildman–Crippen LogP) is 1.66. The highest BCUT2D eigenvalue weighted by Gasteiger charge is 2.20. The summed E-state index contributed by atoms with van der Waals surface area (Å²) in [7, 11) is 2.02. The van der Waals surface area contributed by atoms with Gasteiger partial charge in [0.15, 0.2) is 0 Å². The smallest absolute Gasteiger partial charge is 0.0610 e. The van der Waals surface area contributed by atoms with Gasteiger partial charge in [0.25, 0.3) is 0 Å². The summed E-state index contributed by atoms with van der Waals surface area (Å²) in [6.45, 7) is 9.33. The molecule has 0 atom stereocenters. The van der Waals surface area contributed by atoms with Gasteiger partial charge in [-0.05, 0) is 34.7 Å². The topological polar surface area (TPSA) is 23.5 Å². The maximum atomic E-state index is 9.07. The molecule has 0 saturated heterocycles. The molecule has 1 N–H and O–H groups in total. The molecule has 0 fully saturated rings. The van der Waals surface area contributed by atoms with E-state index in [-0.39, 0.29) is 12.1 Å². The van der Waals surface area contributed by atoms with Crippen LogP contribution in [0.3, 0.4) is 0 Å². The van der Waals surface area contributed by atoms with Crippen LogP contribution in [0.15, 0.2) is 11.6 Å². The highest BCUT2D eigenvalue weighted by molar-refractivity contribution is 4.96. The van der Waals surface area contributed by atoms with E-state index in [1.807, 2.05) is 20.9 Å². The van der Waals surface area contributed by atoms with Gasteiger partial charge in [0.1, 0.15) is 0 Å².